The number of hydrogen-bond acceptors (Lipinski definition) is 3. The summed E-state index contributed by atoms with van der Waals surface area (Å²) in [6.45, 7) is 6.69. The number of fused-ring (bicyclic) bond motifs is 2. The molecule has 1 spiro atoms. The minimum atomic E-state index is -0.323. The van der Waals surface area contributed by atoms with Gasteiger partial charge >= 0.3 is 5.97 Å². The highest BCUT2D eigenvalue weighted by atomic mass is 16.5. The Labute approximate surface area is 83.7 Å². The summed E-state index contributed by atoms with van der Waals surface area (Å²) in [4.78, 5) is 14.2. The van der Waals surface area contributed by atoms with E-state index in [9.17, 15) is 4.79 Å². The lowest BCUT2D eigenvalue weighted by atomic mass is 9.75. The van der Waals surface area contributed by atoms with Crippen molar-refractivity contribution in [2.24, 2.45) is 5.41 Å². The Morgan fingerprint density at radius 3 is 3.14 bits per heavy atom. The quantitative estimate of drug-likeness (QED) is 0.424. The number of carbonyl (C=O) groups is 1. The Balaban J connectivity index is 2.04. The normalized spacial score (nSPS) is 42.1. The summed E-state index contributed by atoms with van der Waals surface area (Å²) >= 11 is 0. The Morgan fingerprint density at radius 2 is 2.43 bits per heavy atom. The lowest BCUT2D eigenvalue weighted by Gasteiger charge is -2.26. The van der Waals surface area contributed by atoms with Gasteiger partial charge in [-0.3, -0.25) is 9.69 Å². The first kappa shape index (κ1) is 8.48. The van der Waals surface area contributed by atoms with Gasteiger partial charge in [0.1, 0.15) is 5.41 Å². The van der Waals surface area contributed by atoms with Gasteiger partial charge in [0.05, 0.1) is 6.61 Å². The smallest absolute Gasteiger partial charge is 0.318 e. The van der Waals surface area contributed by atoms with Crippen LogP contribution in [0.15, 0.2) is 12.2 Å². The van der Waals surface area contributed by atoms with Gasteiger partial charge in [-0.05, 0) is 25.0 Å². The van der Waals surface area contributed by atoms with Crippen LogP contribution in [-0.2, 0) is 9.53 Å². The zero-order valence-corrected chi connectivity index (χ0v) is 8.29. The van der Waals surface area contributed by atoms with Gasteiger partial charge in [0.15, 0.2) is 0 Å². The maximum atomic E-state index is 11.8. The van der Waals surface area contributed by atoms with Crippen LogP contribution in [0.4, 0.5) is 0 Å². The third-order valence-electron chi connectivity index (χ3n) is 4.05. The van der Waals surface area contributed by atoms with E-state index in [1.54, 1.807) is 0 Å². The predicted octanol–water partition coefficient (Wildman–Crippen LogP) is 0.954. The summed E-state index contributed by atoms with van der Waals surface area (Å²) in [5.74, 6) is -0.0168. The molecule has 3 saturated heterocycles. The van der Waals surface area contributed by atoms with Crippen LogP contribution in [0.25, 0.3) is 0 Å². The number of nitrogens with zero attached hydrogens (tertiary/aromatic N) is 1. The third-order valence-corrected chi connectivity index (χ3v) is 4.05. The van der Waals surface area contributed by atoms with Gasteiger partial charge in [0, 0.05) is 19.0 Å². The van der Waals surface area contributed by atoms with Crippen LogP contribution in [0.2, 0.25) is 0 Å². The second-order valence-electron chi connectivity index (χ2n) is 4.59. The summed E-state index contributed by atoms with van der Waals surface area (Å²) in [5.41, 5.74) is 0.765. The van der Waals surface area contributed by atoms with Crippen molar-refractivity contribution >= 4 is 5.97 Å². The molecule has 14 heavy (non-hydrogen) atoms. The van der Waals surface area contributed by atoms with Gasteiger partial charge in [-0.25, -0.2) is 0 Å². The molecule has 0 radical (unpaired) electrons. The molecule has 3 fully saturated rings. The minimum Gasteiger partial charge on any atom is -0.465 e. The van der Waals surface area contributed by atoms with Crippen LogP contribution in [0, 0.1) is 5.41 Å². The molecule has 3 aliphatic rings. The SMILES string of the molecule is C=C1CN2CCC[C@@H]2[C@]12CCOC2=O. The van der Waals surface area contributed by atoms with E-state index in [2.05, 4.69) is 11.5 Å². The first-order valence-electron chi connectivity index (χ1n) is 5.35. The maximum Gasteiger partial charge on any atom is 0.318 e. The Hall–Kier alpha value is -0.830. The van der Waals surface area contributed by atoms with E-state index in [4.69, 9.17) is 4.74 Å². The van der Waals surface area contributed by atoms with Crippen LogP contribution in [-0.4, -0.2) is 36.6 Å². The standard InChI is InChI=1S/C11H15NO2/c1-8-7-12-5-2-3-9(12)11(8)4-6-14-10(11)13/h9H,1-7H2/t9-,11+/m1/s1. The topological polar surface area (TPSA) is 29.5 Å². The van der Waals surface area contributed by atoms with Crippen molar-refractivity contribution in [2.75, 3.05) is 19.7 Å². The summed E-state index contributed by atoms with van der Waals surface area (Å²) in [6, 6.07) is 0.394. The van der Waals surface area contributed by atoms with Crippen molar-refractivity contribution in [3.05, 3.63) is 12.2 Å². The predicted molar refractivity (Wildman–Crippen MR) is 51.7 cm³/mol. The lowest BCUT2D eigenvalue weighted by molar-refractivity contribution is -0.145. The Kier molecular flexibility index (Phi) is 1.57. The van der Waals surface area contributed by atoms with Crippen LogP contribution < -0.4 is 0 Å². The molecule has 3 heteroatoms. The number of rotatable bonds is 0. The molecule has 3 nitrogen and oxygen atoms in total. The Bertz CT molecular complexity index is 312. The first-order chi connectivity index (χ1) is 6.75. The molecule has 0 aromatic heterocycles. The third kappa shape index (κ3) is 0.793. The van der Waals surface area contributed by atoms with Crippen LogP contribution in [0.3, 0.4) is 0 Å². The maximum absolute atomic E-state index is 11.8. The van der Waals surface area contributed by atoms with E-state index in [1.807, 2.05) is 0 Å². The largest absolute Gasteiger partial charge is 0.465 e. The fourth-order valence-corrected chi connectivity index (χ4v) is 3.35. The number of esters is 1. The molecular weight excluding hydrogens is 178 g/mol. The van der Waals surface area contributed by atoms with Crippen molar-refractivity contribution in [3.8, 4) is 0 Å². The number of ether oxygens (including phenoxy) is 1. The van der Waals surface area contributed by atoms with E-state index >= 15 is 0 Å². The summed E-state index contributed by atoms with van der Waals surface area (Å²) in [5, 5.41) is 0. The number of hydrogen-bond donors (Lipinski definition) is 0. The van der Waals surface area contributed by atoms with Crippen molar-refractivity contribution in [1.29, 1.82) is 0 Å². The molecule has 3 aliphatic heterocycles. The molecule has 3 rings (SSSR count). The zero-order chi connectivity index (χ0) is 9.76. The van der Waals surface area contributed by atoms with Crippen LogP contribution in [0.5, 0.6) is 0 Å². The molecule has 0 aromatic rings. The van der Waals surface area contributed by atoms with Crippen LogP contribution >= 0.6 is 0 Å². The molecule has 0 unspecified atom stereocenters. The van der Waals surface area contributed by atoms with Crippen molar-refractivity contribution < 1.29 is 9.53 Å². The lowest BCUT2D eigenvalue weighted by Crippen LogP contribution is -2.39. The average Bonchev–Trinajstić information content (AvgIpc) is 2.76. The summed E-state index contributed by atoms with van der Waals surface area (Å²) in [7, 11) is 0. The van der Waals surface area contributed by atoms with Crippen molar-refractivity contribution in [2.45, 2.75) is 25.3 Å². The van der Waals surface area contributed by atoms with E-state index in [-0.39, 0.29) is 11.4 Å². The molecule has 0 saturated carbocycles. The van der Waals surface area contributed by atoms with Gasteiger partial charge in [-0.2, -0.15) is 0 Å². The average molecular weight is 193 g/mol. The summed E-state index contributed by atoms with van der Waals surface area (Å²) in [6.07, 6.45) is 3.20. The second-order valence-corrected chi connectivity index (χ2v) is 4.59. The van der Waals surface area contributed by atoms with E-state index in [1.165, 1.54) is 6.42 Å². The molecule has 3 heterocycles. The Morgan fingerprint density at radius 1 is 1.57 bits per heavy atom. The van der Waals surface area contributed by atoms with Gasteiger partial charge in [-0.1, -0.05) is 6.58 Å². The van der Waals surface area contributed by atoms with Crippen molar-refractivity contribution in [1.82, 2.24) is 4.90 Å². The molecule has 0 bridgehead atoms. The fraction of sp³-hybridized carbons (Fsp3) is 0.727. The first-order valence-corrected chi connectivity index (χ1v) is 5.35. The monoisotopic (exact) mass is 193 g/mol. The number of carbonyl (C=O) groups excluding carboxylic acids is 1. The highest BCUT2D eigenvalue weighted by molar-refractivity contribution is 5.84. The molecule has 0 N–H and O–H groups in total. The van der Waals surface area contributed by atoms with E-state index in [0.717, 1.165) is 31.5 Å². The van der Waals surface area contributed by atoms with Gasteiger partial charge in [0.2, 0.25) is 0 Å². The van der Waals surface area contributed by atoms with Gasteiger partial charge < -0.3 is 4.74 Å². The van der Waals surface area contributed by atoms with Crippen molar-refractivity contribution in [3.63, 3.8) is 0 Å². The molecule has 0 aliphatic carbocycles. The molecule has 0 aromatic carbocycles. The van der Waals surface area contributed by atoms with E-state index in [0.29, 0.717) is 12.6 Å². The fourth-order valence-electron chi connectivity index (χ4n) is 3.35. The summed E-state index contributed by atoms with van der Waals surface area (Å²) < 4.78 is 5.14. The second kappa shape index (κ2) is 2.60. The van der Waals surface area contributed by atoms with Crippen LogP contribution in [0.1, 0.15) is 19.3 Å². The van der Waals surface area contributed by atoms with E-state index < -0.39 is 0 Å². The highest BCUT2D eigenvalue weighted by Crippen LogP contribution is 2.50. The highest BCUT2D eigenvalue weighted by Gasteiger charge is 2.59. The zero-order valence-electron chi connectivity index (χ0n) is 8.29. The molecular formula is C11H15NO2. The van der Waals surface area contributed by atoms with Gasteiger partial charge in [0.25, 0.3) is 0 Å². The number of cyclic esters (lactones) is 1. The molecule has 76 valence electrons. The van der Waals surface area contributed by atoms with Gasteiger partial charge in [-0.15, -0.1) is 0 Å². The molecule has 2 atom stereocenters. The minimum absolute atomic E-state index is 0.0168. The molecule has 0 amide bonds.